The van der Waals surface area contributed by atoms with Crippen LogP contribution in [0.4, 0.5) is 5.82 Å². The average molecular weight is 182 g/mol. The molecular formula is C7H4ClN3O. The maximum atomic E-state index is 10.6. The van der Waals surface area contributed by atoms with Crippen molar-refractivity contribution in [1.29, 1.82) is 0 Å². The summed E-state index contributed by atoms with van der Waals surface area (Å²) in [7, 11) is 0. The van der Waals surface area contributed by atoms with Crippen LogP contribution in [-0.4, -0.2) is 15.9 Å². The van der Waals surface area contributed by atoms with Crippen molar-refractivity contribution in [2.45, 2.75) is 0 Å². The van der Waals surface area contributed by atoms with Crippen LogP contribution in [0.2, 0.25) is 5.15 Å². The molecule has 0 saturated carbocycles. The van der Waals surface area contributed by atoms with Crippen LogP contribution in [0.15, 0.2) is 12.4 Å². The molecule has 0 bridgehead atoms. The Kier molecular flexibility index (Phi) is 2.62. The van der Waals surface area contributed by atoms with Crippen LogP contribution in [0.3, 0.4) is 0 Å². The summed E-state index contributed by atoms with van der Waals surface area (Å²) in [6, 6.07) is 1.40. The van der Waals surface area contributed by atoms with Crippen LogP contribution < -0.4 is 5.32 Å². The Bertz CT molecular complexity index is 345. The number of nitrogens with one attached hydrogen (secondary N) is 1. The van der Waals surface area contributed by atoms with Gasteiger partial charge in [0.1, 0.15) is 17.3 Å². The lowest BCUT2D eigenvalue weighted by Gasteiger charge is -1.97. The predicted molar refractivity (Wildman–Crippen MR) is 44.5 cm³/mol. The van der Waals surface area contributed by atoms with Crippen LogP contribution in [0, 0.1) is 12.3 Å². The molecule has 0 aromatic carbocycles. The number of carbonyl (C=O) groups excluding carboxylic acids is 1. The molecule has 0 fully saturated rings. The number of anilines is 1. The van der Waals surface area contributed by atoms with Gasteiger partial charge in [0, 0.05) is 6.07 Å². The van der Waals surface area contributed by atoms with Gasteiger partial charge in [-0.25, -0.2) is 9.97 Å². The third-order valence-electron chi connectivity index (χ3n) is 1.01. The first-order chi connectivity index (χ1) is 5.72. The van der Waals surface area contributed by atoms with Crippen LogP contribution in [0.25, 0.3) is 0 Å². The Hall–Kier alpha value is -1.60. The summed E-state index contributed by atoms with van der Waals surface area (Å²) in [5.41, 5.74) is 0. The zero-order valence-corrected chi connectivity index (χ0v) is 6.67. The third-order valence-corrected chi connectivity index (χ3v) is 1.21. The molecule has 0 unspecified atom stereocenters. The van der Waals surface area contributed by atoms with Crippen molar-refractivity contribution in [1.82, 2.24) is 9.97 Å². The molecule has 4 nitrogen and oxygen atoms in total. The average Bonchev–Trinajstić information content (AvgIpc) is 2.04. The van der Waals surface area contributed by atoms with E-state index in [0.717, 1.165) is 0 Å². The Morgan fingerprint density at radius 2 is 2.42 bits per heavy atom. The molecule has 1 aromatic heterocycles. The first-order valence-electron chi connectivity index (χ1n) is 2.97. The Morgan fingerprint density at radius 3 is 3.00 bits per heavy atom. The zero-order valence-electron chi connectivity index (χ0n) is 5.91. The molecule has 0 spiro atoms. The largest absolute Gasteiger partial charge is 0.301 e. The number of amides is 1. The Morgan fingerprint density at radius 1 is 1.67 bits per heavy atom. The van der Waals surface area contributed by atoms with Gasteiger partial charge in [0.15, 0.2) is 0 Å². The highest BCUT2D eigenvalue weighted by Crippen LogP contribution is 2.07. The molecule has 5 heteroatoms. The number of halogens is 1. The summed E-state index contributed by atoms with van der Waals surface area (Å²) < 4.78 is 0. The number of hydrogen-bond acceptors (Lipinski definition) is 3. The first-order valence-corrected chi connectivity index (χ1v) is 3.35. The maximum Gasteiger partial charge on any atom is 0.301 e. The van der Waals surface area contributed by atoms with E-state index >= 15 is 0 Å². The zero-order chi connectivity index (χ0) is 8.97. The van der Waals surface area contributed by atoms with Gasteiger partial charge < -0.3 is 0 Å². The summed E-state index contributed by atoms with van der Waals surface area (Å²) in [5, 5.41) is 2.57. The van der Waals surface area contributed by atoms with E-state index in [2.05, 4.69) is 15.3 Å². The minimum atomic E-state index is -0.565. The highest BCUT2D eigenvalue weighted by atomic mass is 35.5. The van der Waals surface area contributed by atoms with Crippen molar-refractivity contribution < 1.29 is 4.79 Å². The van der Waals surface area contributed by atoms with E-state index in [-0.39, 0.29) is 11.0 Å². The number of nitrogens with zero attached hydrogens (tertiary/aromatic N) is 2. The monoisotopic (exact) mass is 181 g/mol. The van der Waals surface area contributed by atoms with Gasteiger partial charge in [0.05, 0.1) is 0 Å². The Balaban J connectivity index is 2.78. The second-order valence-electron chi connectivity index (χ2n) is 1.82. The minimum Gasteiger partial charge on any atom is -0.300 e. The molecule has 0 radical (unpaired) electrons. The lowest BCUT2D eigenvalue weighted by Crippen LogP contribution is -2.09. The van der Waals surface area contributed by atoms with E-state index in [1.165, 1.54) is 12.4 Å². The second kappa shape index (κ2) is 3.69. The maximum absolute atomic E-state index is 10.6. The lowest BCUT2D eigenvalue weighted by atomic mass is 10.5. The standard InChI is InChI=1S/C7H4ClN3O/c1-2-7(12)11-6-3-5(8)9-4-10-6/h1,3-4H,(H,9,10,11,12). The Labute approximate surface area is 74.0 Å². The molecule has 0 saturated heterocycles. The van der Waals surface area contributed by atoms with Gasteiger partial charge in [-0.1, -0.05) is 11.6 Å². The molecule has 0 aliphatic rings. The fourth-order valence-electron chi connectivity index (χ4n) is 0.554. The second-order valence-corrected chi connectivity index (χ2v) is 2.21. The summed E-state index contributed by atoms with van der Waals surface area (Å²) in [6.07, 6.45) is 6.05. The molecule has 0 aliphatic carbocycles. The predicted octanol–water partition coefficient (Wildman–Crippen LogP) is 0.702. The number of carbonyl (C=O) groups is 1. The molecular weight excluding hydrogens is 178 g/mol. The van der Waals surface area contributed by atoms with E-state index in [1.807, 2.05) is 5.92 Å². The molecule has 1 amide bonds. The first kappa shape index (κ1) is 8.50. The van der Waals surface area contributed by atoms with E-state index in [9.17, 15) is 4.79 Å². The van der Waals surface area contributed by atoms with E-state index < -0.39 is 5.91 Å². The lowest BCUT2D eigenvalue weighted by molar-refractivity contribution is -0.111. The van der Waals surface area contributed by atoms with E-state index in [0.29, 0.717) is 0 Å². The van der Waals surface area contributed by atoms with Crippen molar-refractivity contribution in [2.24, 2.45) is 0 Å². The van der Waals surface area contributed by atoms with Crippen LogP contribution in [0.5, 0.6) is 0 Å². The molecule has 1 heterocycles. The number of hydrogen-bond donors (Lipinski definition) is 1. The minimum absolute atomic E-state index is 0.248. The quantitative estimate of drug-likeness (QED) is 0.513. The van der Waals surface area contributed by atoms with E-state index in [1.54, 1.807) is 0 Å². The topological polar surface area (TPSA) is 54.9 Å². The number of rotatable bonds is 1. The summed E-state index contributed by atoms with van der Waals surface area (Å²) in [5.74, 6) is 1.60. The van der Waals surface area contributed by atoms with E-state index in [4.69, 9.17) is 18.0 Å². The highest BCUT2D eigenvalue weighted by molar-refractivity contribution is 6.29. The molecule has 1 aromatic rings. The molecule has 0 atom stereocenters. The summed E-state index contributed by atoms with van der Waals surface area (Å²) >= 11 is 5.52. The van der Waals surface area contributed by atoms with Gasteiger partial charge in [-0.05, 0) is 5.92 Å². The SMILES string of the molecule is C#CC(=O)Nc1cc(Cl)ncn1. The number of terminal acetylenes is 1. The molecule has 12 heavy (non-hydrogen) atoms. The van der Waals surface area contributed by atoms with Gasteiger partial charge in [-0.15, -0.1) is 6.42 Å². The van der Waals surface area contributed by atoms with Crippen LogP contribution in [0.1, 0.15) is 0 Å². The fraction of sp³-hybridized carbons (Fsp3) is 0. The van der Waals surface area contributed by atoms with Gasteiger partial charge >= 0.3 is 5.91 Å². The van der Waals surface area contributed by atoms with Crippen molar-refractivity contribution in [2.75, 3.05) is 5.32 Å². The molecule has 1 rings (SSSR count). The molecule has 0 aliphatic heterocycles. The van der Waals surface area contributed by atoms with Gasteiger partial charge in [-0.2, -0.15) is 0 Å². The highest BCUT2D eigenvalue weighted by Gasteiger charge is 1.98. The van der Waals surface area contributed by atoms with Gasteiger partial charge in [0.2, 0.25) is 0 Å². The van der Waals surface area contributed by atoms with Crippen molar-refractivity contribution in [3.05, 3.63) is 17.5 Å². The smallest absolute Gasteiger partial charge is 0.300 e. The number of aromatic nitrogens is 2. The van der Waals surface area contributed by atoms with Crippen LogP contribution in [-0.2, 0) is 4.79 Å². The third kappa shape index (κ3) is 2.22. The molecule has 1 N–H and O–H groups in total. The molecule has 60 valence electrons. The van der Waals surface area contributed by atoms with Crippen LogP contribution >= 0.6 is 11.6 Å². The van der Waals surface area contributed by atoms with Crippen molar-refractivity contribution in [3.63, 3.8) is 0 Å². The van der Waals surface area contributed by atoms with Gasteiger partial charge in [0.25, 0.3) is 0 Å². The fourth-order valence-corrected chi connectivity index (χ4v) is 0.701. The summed E-state index contributed by atoms with van der Waals surface area (Å²) in [4.78, 5) is 18.0. The summed E-state index contributed by atoms with van der Waals surface area (Å²) in [6.45, 7) is 0. The van der Waals surface area contributed by atoms with Crippen molar-refractivity contribution in [3.8, 4) is 12.3 Å². The van der Waals surface area contributed by atoms with Crippen molar-refractivity contribution >= 4 is 23.3 Å². The van der Waals surface area contributed by atoms with Gasteiger partial charge in [-0.3, -0.25) is 10.1 Å². The normalized spacial score (nSPS) is 8.67.